The van der Waals surface area contributed by atoms with Crippen molar-refractivity contribution >= 4 is 52.0 Å². The molecule has 114 valence electrons. The molecule has 1 heterocycles. The van der Waals surface area contributed by atoms with Gasteiger partial charge in [0.15, 0.2) is 6.61 Å². The minimum atomic E-state index is -1.03. The smallest absolute Gasteiger partial charge is 0.341 e. The van der Waals surface area contributed by atoms with Gasteiger partial charge in [-0.25, -0.2) is 10.2 Å². The first kappa shape index (κ1) is 16.4. The average molecular weight is 430 g/mol. The van der Waals surface area contributed by atoms with Crippen LogP contribution in [0.4, 0.5) is 0 Å². The summed E-state index contributed by atoms with van der Waals surface area (Å²) in [4.78, 5) is 22.7. The standard InChI is InChI=1S/C14H11IN2O4S/c15-10-6-9(3-4-11(10)21-8-13(18)19)7-16-17-14(20)12-2-1-5-22-12/h1-7H,8H2,(H,17,20)(H,18,19)/b16-7+. The fraction of sp³-hybridized carbons (Fsp3) is 0.0714. The third-order valence-corrected chi connectivity index (χ3v) is 4.14. The van der Waals surface area contributed by atoms with Crippen molar-refractivity contribution in [2.24, 2.45) is 5.10 Å². The number of hydrogen-bond acceptors (Lipinski definition) is 5. The highest BCUT2D eigenvalue weighted by Crippen LogP contribution is 2.21. The molecule has 0 radical (unpaired) electrons. The summed E-state index contributed by atoms with van der Waals surface area (Å²) in [5, 5.41) is 14.3. The van der Waals surface area contributed by atoms with Crippen molar-refractivity contribution in [3.63, 3.8) is 0 Å². The summed E-state index contributed by atoms with van der Waals surface area (Å²) in [5.74, 6) is -0.803. The fourth-order valence-electron chi connectivity index (χ4n) is 1.48. The molecule has 22 heavy (non-hydrogen) atoms. The molecule has 0 atom stereocenters. The number of ether oxygens (including phenoxy) is 1. The molecule has 6 nitrogen and oxygen atoms in total. The molecule has 0 aliphatic heterocycles. The second-order valence-corrected chi connectivity index (χ2v) is 6.16. The quantitative estimate of drug-likeness (QED) is 0.419. The van der Waals surface area contributed by atoms with E-state index in [9.17, 15) is 9.59 Å². The van der Waals surface area contributed by atoms with Gasteiger partial charge in [0.25, 0.3) is 5.91 Å². The third-order valence-electron chi connectivity index (χ3n) is 2.43. The van der Waals surface area contributed by atoms with E-state index in [0.29, 0.717) is 10.6 Å². The number of amides is 1. The first-order valence-electron chi connectivity index (χ1n) is 6.07. The van der Waals surface area contributed by atoms with Crippen LogP contribution in [0, 0.1) is 3.57 Å². The normalized spacial score (nSPS) is 10.6. The van der Waals surface area contributed by atoms with E-state index in [0.717, 1.165) is 9.13 Å². The summed E-state index contributed by atoms with van der Waals surface area (Å²) in [7, 11) is 0. The molecule has 0 aliphatic rings. The Kier molecular flexibility index (Phi) is 5.90. The van der Waals surface area contributed by atoms with Crippen LogP contribution in [0.25, 0.3) is 0 Å². The Morgan fingerprint density at radius 1 is 1.41 bits per heavy atom. The lowest BCUT2D eigenvalue weighted by molar-refractivity contribution is -0.139. The van der Waals surface area contributed by atoms with Crippen LogP contribution in [0.15, 0.2) is 40.8 Å². The molecular weight excluding hydrogens is 419 g/mol. The molecular formula is C14H11IN2O4S. The van der Waals surface area contributed by atoms with Crippen molar-refractivity contribution in [3.8, 4) is 5.75 Å². The highest BCUT2D eigenvalue weighted by molar-refractivity contribution is 14.1. The van der Waals surface area contributed by atoms with Gasteiger partial charge in [-0.2, -0.15) is 5.10 Å². The molecule has 1 amide bonds. The van der Waals surface area contributed by atoms with E-state index in [-0.39, 0.29) is 12.5 Å². The molecule has 0 saturated carbocycles. The molecule has 0 saturated heterocycles. The topological polar surface area (TPSA) is 88.0 Å². The molecule has 2 aromatic rings. The Balaban J connectivity index is 1.95. The van der Waals surface area contributed by atoms with Crippen LogP contribution in [0.5, 0.6) is 5.75 Å². The van der Waals surface area contributed by atoms with Crippen LogP contribution < -0.4 is 10.2 Å². The van der Waals surface area contributed by atoms with Crippen LogP contribution in [-0.2, 0) is 4.79 Å². The van der Waals surface area contributed by atoms with Crippen LogP contribution in [-0.4, -0.2) is 29.8 Å². The summed E-state index contributed by atoms with van der Waals surface area (Å²) in [6.07, 6.45) is 1.51. The number of thiophene rings is 1. The molecule has 0 aliphatic carbocycles. The van der Waals surface area contributed by atoms with Crippen molar-refractivity contribution in [3.05, 3.63) is 49.7 Å². The van der Waals surface area contributed by atoms with Gasteiger partial charge in [0.2, 0.25) is 0 Å². The van der Waals surface area contributed by atoms with Crippen LogP contribution in [0.3, 0.4) is 0 Å². The Morgan fingerprint density at radius 3 is 2.86 bits per heavy atom. The number of benzene rings is 1. The van der Waals surface area contributed by atoms with E-state index in [1.165, 1.54) is 17.6 Å². The van der Waals surface area contributed by atoms with Crippen molar-refractivity contribution in [2.45, 2.75) is 0 Å². The van der Waals surface area contributed by atoms with E-state index in [1.54, 1.807) is 30.3 Å². The van der Waals surface area contributed by atoms with Gasteiger partial charge in [-0.05, 0) is 57.8 Å². The van der Waals surface area contributed by atoms with Crippen molar-refractivity contribution < 1.29 is 19.4 Å². The molecule has 8 heteroatoms. The van der Waals surface area contributed by atoms with Crippen molar-refractivity contribution in [2.75, 3.05) is 6.61 Å². The Labute approximate surface area is 143 Å². The number of nitrogens with zero attached hydrogens (tertiary/aromatic N) is 1. The van der Waals surface area contributed by atoms with E-state index < -0.39 is 5.97 Å². The van der Waals surface area contributed by atoms with Gasteiger partial charge < -0.3 is 9.84 Å². The predicted octanol–water partition coefficient (Wildman–Crippen LogP) is 2.58. The lowest BCUT2D eigenvalue weighted by Gasteiger charge is -2.06. The summed E-state index contributed by atoms with van der Waals surface area (Å²) in [6.45, 7) is -0.389. The number of hydrazone groups is 1. The van der Waals surface area contributed by atoms with Gasteiger partial charge in [0.1, 0.15) is 5.75 Å². The SMILES string of the molecule is O=C(O)COc1ccc(/C=N/NC(=O)c2cccs2)cc1I. The summed E-state index contributed by atoms with van der Waals surface area (Å²) in [6, 6.07) is 8.67. The van der Waals surface area contributed by atoms with Crippen molar-refractivity contribution in [1.29, 1.82) is 0 Å². The molecule has 2 N–H and O–H groups in total. The summed E-state index contributed by atoms with van der Waals surface area (Å²) < 4.78 is 5.88. The molecule has 0 bridgehead atoms. The second kappa shape index (κ2) is 7.90. The zero-order valence-electron chi connectivity index (χ0n) is 11.2. The number of nitrogens with one attached hydrogen (secondary N) is 1. The van der Waals surface area contributed by atoms with E-state index >= 15 is 0 Å². The number of rotatable bonds is 6. The van der Waals surface area contributed by atoms with Gasteiger partial charge in [0.05, 0.1) is 14.7 Å². The number of carboxylic acids is 1. The van der Waals surface area contributed by atoms with Gasteiger partial charge in [-0.3, -0.25) is 4.79 Å². The first-order valence-corrected chi connectivity index (χ1v) is 8.03. The maximum Gasteiger partial charge on any atom is 0.341 e. The molecule has 1 aromatic heterocycles. The number of aliphatic carboxylic acids is 1. The maximum atomic E-state index is 11.7. The molecule has 1 aromatic carbocycles. The number of carbonyl (C=O) groups excluding carboxylic acids is 1. The number of hydrogen-bond donors (Lipinski definition) is 2. The maximum absolute atomic E-state index is 11.7. The highest BCUT2D eigenvalue weighted by atomic mass is 127. The number of carboxylic acid groups (broad SMARTS) is 1. The zero-order chi connectivity index (χ0) is 15.9. The largest absolute Gasteiger partial charge is 0.481 e. The lowest BCUT2D eigenvalue weighted by atomic mass is 10.2. The summed E-state index contributed by atoms with van der Waals surface area (Å²) >= 11 is 3.38. The minimum Gasteiger partial charge on any atom is -0.481 e. The number of halogens is 1. The highest BCUT2D eigenvalue weighted by Gasteiger charge is 2.05. The molecule has 2 rings (SSSR count). The van der Waals surface area contributed by atoms with Gasteiger partial charge >= 0.3 is 5.97 Å². The Morgan fingerprint density at radius 2 is 2.23 bits per heavy atom. The van der Waals surface area contributed by atoms with E-state index in [2.05, 4.69) is 10.5 Å². The van der Waals surface area contributed by atoms with Crippen molar-refractivity contribution in [1.82, 2.24) is 5.43 Å². The van der Waals surface area contributed by atoms with Gasteiger partial charge in [-0.1, -0.05) is 6.07 Å². The monoisotopic (exact) mass is 430 g/mol. The van der Waals surface area contributed by atoms with Crippen LogP contribution in [0.2, 0.25) is 0 Å². The van der Waals surface area contributed by atoms with E-state index in [1.807, 2.05) is 28.0 Å². The lowest BCUT2D eigenvalue weighted by Crippen LogP contribution is -2.16. The van der Waals surface area contributed by atoms with Gasteiger partial charge in [-0.15, -0.1) is 11.3 Å². The fourth-order valence-corrected chi connectivity index (χ4v) is 2.79. The third kappa shape index (κ3) is 4.81. The van der Waals surface area contributed by atoms with Crippen LogP contribution >= 0.6 is 33.9 Å². The van der Waals surface area contributed by atoms with Gasteiger partial charge in [0, 0.05) is 0 Å². The number of carbonyl (C=O) groups is 2. The minimum absolute atomic E-state index is 0.262. The summed E-state index contributed by atoms with van der Waals surface area (Å²) in [5.41, 5.74) is 3.20. The van der Waals surface area contributed by atoms with Crippen LogP contribution in [0.1, 0.15) is 15.2 Å². The Bertz CT molecular complexity index is 701. The second-order valence-electron chi connectivity index (χ2n) is 4.05. The molecule has 0 unspecified atom stereocenters. The predicted molar refractivity (Wildman–Crippen MR) is 91.7 cm³/mol. The van der Waals surface area contributed by atoms with E-state index in [4.69, 9.17) is 9.84 Å². The molecule has 0 spiro atoms. The Hall–Kier alpha value is -1.94. The zero-order valence-corrected chi connectivity index (χ0v) is 14.1. The molecule has 0 fully saturated rings. The first-order chi connectivity index (χ1) is 10.6. The average Bonchev–Trinajstić information content (AvgIpc) is 3.00.